The number of H-pyrrole nitrogens is 2. The summed E-state index contributed by atoms with van der Waals surface area (Å²) in [6.07, 6.45) is 4.45. The molecule has 0 spiro atoms. The maximum absolute atomic E-state index is 12.0. The minimum Gasteiger partial charge on any atom is -0.394 e. The summed E-state index contributed by atoms with van der Waals surface area (Å²) in [5.74, 6) is 0.684. The molecule has 28 heavy (non-hydrogen) atoms. The quantitative estimate of drug-likeness (QED) is 0.410. The Labute approximate surface area is 167 Å². The molecule has 0 unspecified atom stereocenters. The standard InChI is InChI=1S/C20H26N4O3S/c1-28-12-16(17(26)11-25)10-24(8-14-5-3-2-4-6-14)9-15-7-21-19-18(15)22-13-23-20(19)27/h2-7,13,16-17,21,25-26H,8-12H2,1H3,(H,22,23,27)/t16-,17+/m1/s1. The van der Waals surface area contributed by atoms with Crippen LogP contribution in [0.25, 0.3) is 11.0 Å². The van der Waals surface area contributed by atoms with Crippen molar-refractivity contribution in [2.75, 3.05) is 25.2 Å². The number of nitrogens with zero attached hydrogens (tertiary/aromatic N) is 2. The Balaban J connectivity index is 1.86. The molecule has 1 aromatic carbocycles. The van der Waals surface area contributed by atoms with Crippen LogP contribution in [0.5, 0.6) is 0 Å². The molecule has 4 N–H and O–H groups in total. The van der Waals surface area contributed by atoms with Crippen molar-refractivity contribution in [3.8, 4) is 0 Å². The zero-order valence-corrected chi connectivity index (χ0v) is 16.7. The highest BCUT2D eigenvalue weighted by Gasteiger charge is 2.22. The number of aromatic amines is 2. The lowest BCUT2D eigenvalue weighted by Gasteiger charge is -2.29. The molecule has 150 valence electrons. The van der Waals surface area contributed by atoms with Crippen molar-refractivity contribution in [2.45, 2.75) is 19.2 Å². The molecule has 0 aliphatic heterocycles. The van der Waals surface area contributed by atoms with Crippen LogP contribution in [0.2, 0.25) is 0 Å². The van der Waals surface area contributed by atoms with Crippen LogP contribution in [0.4, 0.5) is 0 Å². The summed E-state index contributed by atoms with van der Waals surface area (Å²) in [4.78, 5) is 24.1. The second kappa shape index (κ2) is 9.88. The van der Waals surface area contributed by atoms with Crippen LogP contribution in [-0.4, -0.2) is 61.3 Å². The molecule has 0 radical (unpaired) electrons. The van der Waals surface area contributed by atoms with Crippen LogP contribution in [0.15, 0.2) is 47.7 Å². The fourth-order valence-electron chi connectivity index (χ4n) is 3.37. The zero-order valence-electron chi connectivity index (χ0n) is 15.8. The summed E-state index contributed by atoms with van der Waals surface area (Å²) in [7, 11) is 0. The van der Waals surface area contributed by atoms with Gasteiger partial charge in [0.2, 0.25) is 0 Å². The molecule has 2 atom stereocenters. The van der Waals surface area contributed by atoms with Gasteiger partial charge in [-0.15, -0.1) is 0 Å². The number of nitrogens with one attached hydrogen (secondary N) is 2. The third kappa shape index (κ3) is 5.02. The number of benzene rings is 1. The van der Waals surface area contributed by atoms with Crippen molar-refractivity contribution in [1.29, 1.82) is 0 Å². The van der Waals surface area contributed by atoms with E-state index >= 15 is 0 Å². The van der Waals surface area contributed by atoms with Gasteiger partial charge in [0.05, 0.1) is 24.6 Å². The van der Waals surface area contributed by atoms with Crippen LogP contribution in [0, 0.1) is 5.92 Å². The van der Waals surface area contributed by atoms with Crippen LogP contribution in [0.3, 0.4) is 0 Å². The molecule has 0 aliphatic carbocycles. The van der Waals surface area contributed by atoms with E-state index in [1.807, 2.05) is 30.7 Å². The highest BCUT2D eigenvalue weighted by molar-refractivity contribution is 7.98. The lowest BCUT2D eigenvalue weighted by atomic mass is 10.0. The molecule has 0 amide bonds. The van der Waals surface area contributed by atoms with E-state index in [0.717, 1.165) is 16.9 Å². The normalized spacial score (nSPS) is 13.9. The molecule has 2 aromatic heterocycles. The molecule has 0 saturated heterocycles. The molecular formula is C20H26N4O3S. The van der Waals surface area contributed by atoms with Gasteiger partial charge < -0.3 is 20.2 Å². The van der Waals surface area contributed by atoms with E-state index < -0.39 is 6.10 Å². The highest BCUT2D eigenvalue weighted by atomic mass is 32.2. The van der Waals surface area contributed by atoms with Gasteiger partial charge in [0.1, 0.15) is 5.52 Å². The number of aliphatic hydroxyl groups excluding tert-OH is 2. The van der Waals surface area contributed by atoms with Gasteiger partial charge in [-0.1, -0.05) is 30.3 Å². The maximum Gasteiger partial charge on any atom is 0.275 e. The first-order valence-corrected chi connectivity index (χ1v) is 10.6. The van der Waals surface area contributed by atoms with Gasteiger partial charge in [0.15, 0.2) is 0 Å². The zero-order chi connectivity index (χ0) is 19.9. The lowest BCUT2D eigenvalue weighted by molar-refractivity contribution is 0.0374. The number of aliphatic hydroxyl groups is 2. The minimum absolute atomic E-state index is 0.0646. The minimum atomic E-state index is -0.769. The molecular weight excluding hydrogens is 376 g/mol. The van der Waals surface area contributed by atoms with Gasteiger partial charge in [-0.05, 0) is 17.6 Å². The molecule has 3 aromatic rings. The molecule has 0 bridgehead atoms. The molecule has 0 fully saturated rings. The van der Waals surface area contributed by atoms with Crippen LogP contribution < -0.4 is 5.56 Å². The van der Waals surface area contributed by atoms with Crippen LogP contribution >= 0.6 is 11.8 Å². The number of fused-ring (bicyclic) bond motifs is 1. The van der Waals surface area contributed by atoms with Gasteiger partial charge in [-0.3, -0.25) is 9.69 Å². The first kappa shape index (κ1) is 20.6. The number of hydrogen-bond donors (Lipinski definition) is 4. The highest BCUT2D eigenvalue weighted by Crippen LogP contribution is 2.20. The summed E-state index contributed by atoms with van der Waals surface area (Å²) in [5.41, 5.74) is 3.02. The third-order valence-corrected chi connectivity index (χ3v) is 5.56. The summed E-state index contributed by atoms with van der Waals surface area (Å²) >= 11 is 1.65. The second-order valence-electron chi connectivity index (χ2n) is 6.89. The molecule has 2 heterocycles. The molecule has 0 saturated carbocycles. The average Bonchev–Trinajstić information content (AvgIpc) is 3.12. The van der Waals surface area contributed by atoms with Gasteiger partial charge in [-0.25, -0.2) is 4.98 Å². The van der Waals surface area contributed by atoms with Crippen molar-refractivity contribution >= 4 is 22.8 Å². The number of rotatable bonds is 10. The van der Waals surface area contributed by atoms with Crippen molar-refractivity contribution in [2.24, 2.45) is 5.92 Å². The third-order valence-electron chi connectivity index (χ3n) is 4.80. The second-order valence-corrected chi connectivity index (χ2v) is 7.80. The smallest absolute Gasteiger partial charge is 0.275 e. The summed E-state index contributed by atoms with van der Waals surface area (Å²) < 4.78 is 0. The van der Waals surface area contributed by atoms with Crippen molar-refractivity contribution in [1.82, 2.24) is 19.9 Å². The van der Waals surface area contributed by atoms with E-state index in [2.05, 4.69) is 32.0 Å². The number of thioether (sulfide) groups is 1. The van der Waals surface area contributed by atoms with Crippen LogP contribution in [0.1, 0.15) is 11.1 Å². The number of aromatic nitrogens is 3. The lowest BCUT2D eigenvalue weighted by Crippen LogP contribution is -2.37. The van der Waals surface area contributed by atoms with Crippen molar-refractivity contribution < 1.29 is 10.2 Å². The van der Waals surface area contributed by atoms with Crippen LogP contribution in [-0.2, 0) is 13.1 Å². The Bertz CT molecular complexity index is 928. The van der Waals surface area contributed by atoms with E-state index in [1.165, 1.54) is 6.33 Å². The Morgan fingerprint density at radius 3 is 2.71 bits per heavy atom. The predicted octanol–water partition coefficient (Wildman–Crippen LogP) is 1.59. The fourth-order valence-corrected chi connectivity index (χ4v) is 4.13. The van der Waals surface area contributed by atoms with E-state index in [9.17, 15) is 15.0 Å². The van der Waals surface area contributed by atoms with E-state index in [-0.39, 0.29) is 18.1 Å². The van der Waals surface area contributed by atoms with Gasteiger partial charge in [0.25, 0.3) is 5.56 Å². The summed E-state index contributed by atoms with van der Waals surface area (Å²) in [6, 6.07) is 10.1. The number of hydrogen-bond acceptors (Lipinski definition) is 6. The predicted molar refractivity (Wildman–Crippen MR) is 112 cm³/mol. The van der Waals surface area contributed by atoms with E-state index in [4.69, 9.17) is 0 Å². The Hall–Kier alpha value is -2.13. The van der Waals surface area contributed by atoms with E-state index in [1.54, 1.807) is 11.8 Å². The SMILES string of the molecule is CSC[C@@H](CN(Cc1ccccc1)Cc1c[nH]c2c(=O)[nH]cnc12)[C@@H](O)CO. The first-order chi connectivity index (χ1) is 13.6. The Kier molecular flexibility index (Phi) is 7.27. The topological polar surface area (TPSA) is 105 Å². The molecule has 3 rings (SSSR count). The summed E-state index contributed by atoms with van der Waals surface area (Å²) in [5, 5.41) is 19.7. The monoisotopic (exact) mass is 402 g/mol. The van der Waals surface area contributed by atoms with Crippen molar-refractivity contribution in [3.05, 3.63) is 64.3 Å². The maximum atomic E-state index is 12.0. The Morgan fingerprint density at radius 1 is 1.21 bits per heavy atom. The summed E-state index contributed by atoms with van der Waals surface area (Å²) in [6.45, 7) is 1.63. The molecule has 0 aliphatic rings. The molecule has 7 nitrogen and oxygen atoms in total. The van der Waals surface area contributed by atoms with Gasteiger partial charge in [0, 0.05) is 37.3 Å². The average molecular weight is 403 g/mol. The van der Waals surface area contributed by atoms with Gasteiger partial charge >= 0.3 is 0 Å². The van der Waals surface area contributed by atoms with E-state index in [0.29, 0.717) is 30.7 Å². The largest absolute Gasteiger partial charge is 0.394 e. The van der Waals surface area contributed by atoms with Gasteiger partial charge in [-0.2, -0.15) is 11.8 Å². The first-order valence-electron chi connectivity index (χ1n) is 9.20. The molecule has 8 heteroatoms. The Morgan fingerprint density at radius 2 is 2.00 bits per heavy atom. The van der Waals surface area contributed by atoms with Crippen molar-refractivity contribution in [3.63, 3.8) is 0 Å². The fraction of sp³-hybridized carbons (Fsp3) is 0.400.